The minimum Gasteiger partial charge on any atom is -0.497 e. The fraction of sp³-hybridized carbons (Fsp3) is 0.571. The van der Waals surface area contributed by atoms with Gasteiger partial charge in [-0.3, -0.25) is 0 Å². The Balaban J connectivity index is 2.01. The molecule has 2 N–H and O–H groups in total. The lowest BCUT2D eigenvalue weighted by Crippen LogP contribution is -2.22. The molecule has 1 heterocycles. The quantitative estimate of drug-likeness (QED) is 0.897. The van der Waals surface area contributed by atoms with E-state index < -0.39 is 0 Å². The van der Waals surface area contributed by atoms with Crippen molar-refractivity contribution in [3.63, 3.8) is 0 Å². The summed E-state index contributed by atoms with van der Waals surface area (Å²) in [5.41, 5.74) is 6.67. The van der Waals surface area contributed by atoms with Crippen LogP contribution in [0.3, 0.4) is 0 Å². The van der Waals surface area contributed by atoms with Crippen molar-refractivity contribution in [2.75, 3.05) is 20.3 Å². The summed E-state index contributed by atoms with van der Waals surface area (Å²) >= 11 is 0. The second-order valence-corrected chi connectivity index (χ2v) is 4.79. The first-order valence-corrected chi connectivity index (χ1v) is 6.37. The van der Waals surface area contributed by atoms with Crippen LogP contribution in [-0.2, 0) is 4.74 Å². The molecule has 1 aliphatic rings. The van der Waals surface area contributed by atoms with E-state index in [-0.39, 0.29) is 11.9 Å². The summed E-state index contributed by atoms with van der Waals surface area (Å²) in [7, 11) is 1.52. The zero-order valence-corrected chi connectivity index (χ0v) is 10.7. The lowest BCUT2D eigenvalue weighted by atomic mass is 9.90. The Bertz CT molecular complexity index is 391. The number of ether oxygens (including phenoxy) is 2. The van der Waals surface area contributed by atoms with Crippen molar-refractivity contribution in [2.24, 2.45) is 11.7 Å². The molecule has 1 aromatic rings. The molecule has 0 radical (unpaired) electrons. The number of hydrogen-bond donors (Lipinski definition) is 1. The minimum absolute atomic E-state index is 0.251. The van der Waals surface area contributed by atoms with Crippen LogP contribution in [0.2, 0.25) is 0 Å². The summed E-state index contributed by atoms with van der Waals surface area (Å²) in [5, 5.41) is 0. The van der Waals surface area contributed by atoms with Gasteiger partial charge in [0.1, 0.15) is 11.6 Å². The third-order valence-electron chi connectivity index (χ3n) is 3.54. The Morgan fingerprint density at radius 3 is 2.78 bits per heavy atom. The van der Waals surface area contributed by atoms with E-state index in [1.165, 1.54) is 13.2 Å². The highest BCUT2D eigenvalue weighted by Crippen LogP contribution is 2.28. The number of methoxy groups -OCH3 is 1. The zero-order valence-electron chi connectivity index (χ0n) is 10.7. The number of hydrogen-bond acceptors (Lipinski definition) is 3. The molecule has 0 spiro atoms. The van der Waals surface area contributed by atoms with Gasteiger partial charge < -0.3 is 15.2 Å². The molecule has 1 atom stereocenters. The topological polar surface area (TPSA) is 44.5 Å². The van der Waals surface area contributed by atoms with Gasteiger partial charge in [0.2, 0.25) is 0 Å². The Hall–Kier alpha value is -1.13. The van der Waals surface area contributed by atoms with Crippen molar-refractivity contribution < 1.29 is 13.9 Å². The Kier molecular flexibility index (Phi) is 4.55. The van der Waals surface area contributed by atoms with E-state index in [0.717, 1.165) is 32.5 Å². The van der Waals surface area contributed by atoms with Crippen molar-refractivity contribution in [2.45, 2.75) is 25.3 Å². The number of halogens is 1. The van der Waals surface area contributed by atoms with Gasteiger partial charge in [0.25, 0.3) is 0 Å². The molecular weight excluding hydrogens is 233 g/mol. The summed E-state index contributed by atoms with van der Waals surface area (Å²) in [6.07, 6.45) is 2.85. The van der Waals surface area contributed by atoms with Crippen LogP contribution in [0.4, 0.5) is 4.39 Å². The Morgan fingerprint density at radius 2 is 2.17 bits per heavy atom. The van der Waals surface area contributed by atoms with E-state index >= 15 is 0 Å². The Morgan fingerprint density at radius 1 is 1.44 bits per heavy atom. The molecule has 1 aromatic carbocycles. The van der Waals surface area contributed by atoms with Gasteiger partial charge in [0.05, 0.1) is 7.11 Å². The van der Waals surface area contributed by atoms with Gasteiger partial charge in [-0.15, -0.1) is 0 Å². The molecule has 1 fully saturated rings. The monoisotopic (exact) mass is 253 g/mol. The summed E-state index contributed by atoms with van der Waals surface area (Å²) in [6, 6.07) is 4.61. The predicted octanol–water partition coefficient (Wildman–Crippen LogP) is 2.65. The minimum atomic E-state index is -0.283. The van der Waals surface area contributed by atoms with Gasteiger partial charge in [-0.05, 0) is 31.2 Å². The SMILES string of the molecule is COc1ccc(C(N)CC2CCOCC2)c(F)c1. The molecule has 0 saturated carbocycles. The smallest absolute Gasteiger partial charge is 0.131 e. The summed E-state index contributed by atoms with van der Waals surface area (Å²) < 4.78 is 24.1. The third-order valence-corrected chi connectivity index (χ3v) is 3.54. The average Bonchev–Trinajstić information content (AvgIpc) is 2.39. The molecule has 0 aromatic heterocycles. The molecule has 4 heteroatoms. The summed E-state index contributed by atoms with van der Waals surface area (Å²) in [4.78, 5) is 0. The molecule has 18 heavy (non-hydrogen) atoms. The van der Waals surface area contributed by atoms with Gasteiger partial charge in [-0.25, -0.2) is 4.39 Å². The second-order valence-electron chi connectivity index (χ2n) is 4.79. The van der Waals surface area contributed by atoms with Gasteiger partial charge in [0.15, 0.2) is 0 Å². The van der Waals surface area contributed by atoms with E-state index in [4.69, 9.17) is 15.2 Å². The van der Waals surface area contributed by atoms with Crippen LogP contribution in [0.25, 0.3) is 0 Å². The highest BCUT2D eigenvalue weighted by molar-refractivity contribution is 5.30. The standard InChI is InChI=1S/C14H20FNO2/c1-17-11-2-3-12(13(15)9-11)14(16)8-10-4-6-18-7-5-10/h2-3,9-10,14H,4-8,16H2,1H3. The van der Waals surface area contributed by atoms with Crippen molar-refractivity contribution in [3.05, 3.63) is 29.6 Å². The van der Waals surface area contributed by atoms with E-state index in [9.17, 15) is 4.39 Å². The van der Waals surface area contributed by atoms with Crippen LogP contribution < -0.4 is 10.5 Å². The highest BCUT2D eigenvalue weighted by Gasteiger charge is 2.20. The first-order chi connectivity index (χ1) is 8.70. The van der Waals surface area contributed by atoms with Crippen LogP contribution >= 0.6 is 0 Å². The van der Waals surface area contributed by atoms with Gasteiger partial charge in [-0.1, -0.05) is 6.07 Å². The predicted molar refractivity (Wildman–Crippen MR) is 68.0 cm³/mol. The first kappa shape index (κ1) is 13.3. The van der Waals surface area contributed by atoms with E-state index in [1.807, 2.05) is 0 Å². The molecular formula is C14H20FNO2. The average molecular weight is 253 g/mol. The van der Waals surface area contributed by atoms with Crippen molar-refractivity contribution in [1.29, 1.82) is 0 Å². The fourth-order valence-electron chi connectivity index (χ4n) is 2.40. The highest BCUT2D eigenvalue weighted by atomic mass is 19.1. The van der Waals surface area contributed by atoms with E-state index in [0.29, 0.717) is 17.2 Å². The fourth-order valence-corrected chi connectivity index (χ4v) is 2.40. The first-order valence-electron chi connectivity index (χ1n) is 6.37. The van der Waals surface area contributed by atoms with Crippen LogP contribution in [0.15, 0.2) is 18.2 Å². The molecule has 1 aliphatic heterocycles. The van der Waals surface area contributed by atoms with Crippen LogP contribution in [0.1, 0.15) is 30.9 Å². The van der Waals surface area contributed by atoms with Gasteiger partial charge in [-0.2, -0.15) is 0 Å². The van der Waals surface area contributed by atoms with Crippen LogP contribution in [-0.4, -0.2) is 20.3 Å². The van der Waals surface area contributed by atoms with Crippen LogP contribution in [0, 0.1) is 11.7 Å². The van der Waals surface area contributed by atoms with Gasteiger partial charge >= 0.3 is 0 Å². The largest absolute Gasteiger partial charge is 0.497 e. The second kappa shape index (κ2) is 6.16. The number of rotatable bonds is 4. The normalized spacial score (nSPS) is 18.6. The molecule has 0 bridgehead atoms. The zero-order chi connectivity index (χ0) is 13.0. The lowest BCUT2D eigenvalue weighted by Gasteiger charge is -2.25. The summed E-state index contributed by atoms with van der Waals surface area (Å²) in [5.74, 6) is 0.777. The number of benzene rings is 1. The van der Waals surface area contributed by atoms with Crippen molar-refractivity contribution >= 4 is 0 Å². The third kappa shape index (κ3) is 3.21. The maximum Gasteiger partial charge on any atom is 0.131 e. The molecule has 3 nitrogen and oxygen atoms in total. The molecule has 2 rings (SSSR count). The van der Waals surface area contributed by atoms with Gasteiger partial charge in [0, 0.05) is 30.9 Å². The maximum absolute atomic E-state index is 13.9. The summed E-state index contributed by atoms with van der Waals surface area (Å²) in [6.45, 7) is 1.59. The molecule has 1 saturated heterocycles. The van der Waals surface area contributed by atoms with Crippen molar-refractivity contribution in [1.82, 2.24) is 0 Å². The van der Waals surface area contributed by atoms with Crippen molar-refractivity contribution in [3.8, 4) is 5.75 Å². The molecule has 1 unspecified atom stereocenters. The van der Waals surface area contributed by atoms with Crippen LogP contribution in [0.5, 0.6) is 5.75 Å². The lowest BCUT2D eigenvalue weighted by molar-refractivity contribution is 0.0617. The van der Waals surface area contributed by atoms with E-state index in [2.05, 4.69) is 0 Å². The van der Waals surface area contributed by atoms with E-state index in [1.54, 1.807) is 12.1 Å². The Labute approximate surface area is 107 Å². The molecule has 0 aliphatic carbocycles. The molecule has 100 valence electrons. The number of nitrogens with two attached hydrogens (primary N) is 1. The maximum atomic E-state index is 13.9. The molecule has 0 amide bonds.